The summed E-state index contributed by atoms with van der Waals surface area (Å²) in [7, 11) is 0. The molecule has 1 saturated heterocycles. The van der Waals surface area contributed by atoms with Gasteiger partial charge < -0.3 is 10.6 Å². The van der Waals surface area contributed by atoms with Gasteiger partial charge in [0, 0.05) is 6.54 Å². The number of nitriles is 1. The highest BCUT2D eigenvalue weighted by Crippen LogP contribution is 2.45. The van der Waals surface area contributed by atoms with E-state index in [1.54, 1.807) is 0 Å². The molecule has 5 nitrogen and oxygen atoms in total. The molecule has 0 aromatic heterocycles. The Balaban J connectivity index is 1.97. The lowest BCUT2D eigenvalue weighted by Gasteiger charge is -2.40. The fourth-order valence-corrected chi connectivity index (χ4v) is 2.66. The Bertz CT molecular complexity index is 380. The van der Waals surface area contributed by atoms with Crippen LogP contribution in [0.1, 0.15) is 32.6 Å². The van der Waals surface area contributed by atoms with Crippen molar-refractivity contribution in [2.24, 2.45) is 11.3 Å². The van der Waals surface area contributed by atoms with E-state index in [2.05, 4.69) is 16.7 Å². The smallest absolute Gasteiger partial charge is 0.242 e. The van der Waals surface area contributed by atoms with Crippen LogP contribution >= 0.6 is 0 Å². The van der Waals surface area contributed by atoms with Crippen molar-refractivity contribution < 1.29 is 9.59 Å². The van der Waals surface area contributed by atoms with Crippen molar-refractivity contribution in [2.75, 3.05) is 6.54 Å². The Morgan fingerprint density at radius 2 is 2.29 bits per heavy atom. The van der Waals surface area contributed by atoms with E-state index >= 15 is 0 Å². The molecule has 0 aromatic rings. The van der Waals surface area contributed by atoms with Crippen LogP contribution in [-0.4, -0.2) is 24.4 Å². The van der Waals surface area contributed by atoms with Crippen molar-refractivity contribution >= 4 is 11.8 Å². The van der Waals surface area contributed by atoms with Gasteiger partial charge in [-0.2, -0.15) is 5.26 Å². The highest BCUT2D eigenvalue weighted by atomic mass is 16.2. The van der Waals surface area contributed by atoms with Crippen LogP contribution in [-0.2, 0) is 9.59 Å². The van der Waals surface area contributed by atoms with Gasteiger partial charge in [-0.3, -0.25) is 9.59 Å². The zero-order valence-corrected chi connectivity index (χ0v) is 9.95. The third-order valence-corrected chi connectivity index (χ3v) is 3.63. The van der Waals surface area contributed by atoms with E-state index < -0.39 is 11.5 Å². The minimum absolute atomic E-state index is 0.134. The molecule has 1 heterocycles. The zero-order valence-electron chi connectivity index (χ0n) is 9.95. The van der Waals surface area contributed by atoms with Gasteiger partial charge in [0.25, 0.3) is 0 Å². The number of nitrogens with zero attached hydrogens (tertiary/aromatic N) is 1. The summed E-state index contributed by atoms with van der Waals surface area (Å²) in [6.45, 7) is 2.70. The predicted octanol–water partition coefficient (Wildman–Crippen LogP) is 0.321. The highest BCUT2D eigenvalue weighted by molar-refractivity contribution is 5.92. The average Bonchev–Trinajstić information content (AvgIpc) is 2.27. The molecule has 92 valence electrons. The van der Waals surface area contributed by atoms with Gasteiger partial charge in [-0.25, -0.2) is 0 Å². The molecular formula is C12H17N3O2. The van der Waals surface area contributed by atoms with Gasteiger partial charge in [-0.05, 0) is 31.6 Å². The number of carbonyl (C=O) groups is 2. The van der Waals surface area contributed by atoms with E-state index in [9.17, 15) is 9.59 Å². The predicted molar refractivity (Wildman–Crippen MR) is 60.6 cm³/mol. The lowest BCUT2D eigenvalue weighted by Crippen LogP contribution is -2.56. The fraction of sp³-hybridized carbons (Fsp3) is 0.750. The van der Waals surface area contributed by atoms with Crippen molar-refractivity contribution in [3.05, 3.63) is 0 Å². The first-order valence-corrected chi connectivity index (χ1v) is 6.07. The van der Waals surface area contributed by atoms with E-state index in [0.29, 0.717) is 31.7 Å². The molecule has 5 heteroatoms. The molecule has 0 spiro atoms. The molecule has 2 aliphatic rings. The van der Waals surface area contributed by atoms with Crippen LogP contribution in [0.5, 0.6) is 0 Å². The summed E-state index contributed by atoms with van der Waals surface area (Å²) in [5.74, 6) is 0.00536. The third-order valence-electron chi connectivity index (χ3n) is 3.63. The van der Waals surface area contributed by atoms with Crippen LogP contribution in [0.2, 0.25) is 0 Å². The van der Waals surface area contributed by atoms with E-state index in [0.717, 1.165) is 6.42 Å². The second kappa shape index (κ2) is 4.36. The first-order chi connectivity index (χ1) is 8.07. The van der Waals surface area contributed by atoms with Crippen molar-refractivity contribution in [2.45, 2.75) is 38.6 Å². The Labute approximate surface area is 101 Å². The second-order valence-electron chi connectivity index (χ2n) is 5.17. The van der Waals surface area contributed by atoms with Gasteiger partial charge in [0.1, 0.15) is 11.5 Å². The second-order valence-corrected chi connectivity index (χ2v) is 5.17. The molecule has 1 unspecified atom stereocenters. The summed E-state index contributed by atoms with van der Waals surface area (Å²) in [6.07, 6.45) is 2.73. The Morgan fingerprint density at radius 1 is 1.59 bits per heavy atom. The molecule has 2 N–H and O–H groups in total. The molecule has 2 rings (SSSR count). The van der Waals surface area contributed by atoms with Crippen molar-refractivity contribution in [1.29, 1.82) is 5.26 Å². The van der Waals surface area contributed by atoms with Crippen LogP contribution in [0.3, 0.4) is 0 Å². The number of amides is 2. The van der Waals surface area contributed by atoms with E-state index in [1.807, 2.05) is 6.92 Å². The first-order valence-electron chi connectivity index (χ1n) is 6.07. The summed E-state index contributed by atoms with van der Waals surface area (Å²) >= 11 is 0. The van der Waals surface area contributed by atoms with E-state index in [4.69, 9.17) is 5.26 Å². The quantitative estimate of drug-likeness (QED) is 0.723. The Hall–Kier alpha value is -1.57. The van der Waals surface area contributed by atoms with Crippen LogP contribution in [0.15, 0.2) is 0 Å². The number of piperidine rings is 1. The van der Waals surface area contributed by atoms with Crippen molar-refractivity contribution in [3.8, 4) is 6.07 Å². The SMILES string of the molecule is CC1CC(C#N)(C(=O)NC2CCCNC2=O)C1. The standard InChI is InChI=1S/C12H17N3O2/c1-8-5-12(6-8,7-13)11(17)15-9-3-2-4-14-10(9)16/h8-9H,2-6H2,1H3,(H,14,16)(H,15,17). The van der Waals surface area contributed by atoms with Gasteiger partial charge in [-0.15, -0.1) is 0 Å². The highest BCUT2D eigenvalue weighted by Gasteiger charge is 2.49. The number of hydrogen-bond acceptors (Lipinski definition) is 3. The van der Waals surface area contributed by atoms with E-state index in [1.165, 1.54) is 0 Å². The molecule has 17 heavy (non-hydrogen) atoms. The minimum Gasteiger partial charge on any atom is -0.354 e. The molecule has 1 aliphatic carbocycles. The molecule has 2 fully saturated rings. The van der Waals surface area contributed by atoms with Crippen LogP contribution in [0.25, 0.3) is 0 Å². The van der Waals surface area contributed by atoms with Crippen LogP contribution in [0, 0.1) is 22.7 Å². The van der Waals surface area contributed by atoms with E-state index in [-0.39, 0.29) is 11.8 Å². The maximum Gasteiger partial charge on any atom is 0.242 e. The normalized spacial score (nSPS) is 36.4. The molecule has 0 radical (unpaired) electrons. The summed E-state index contributed by atoms with van der Waals surface area (Å²) in [5, 5.41) is 14.5. The monoisotopic (exact) mass is 235 g/mol. The molecular weight excluding hydrogens is 218 g/mol. The van der Waals surface area contributed by atoms with Gasteiger partial charge in [0.15, 0.2) is 0 Å². The Morgan fingerprint density at radius 3 is 2.82 bits per heavy atom. The maximum absolute atomic E-state index is 12.0. The summed E-state index contributed by atoms with van der Waals surface area (Å²) in [4.78, 5) is 23.5. The van der Waals surface area contributed by atoms with Gasteiger partial charge in [0.05, 0.1) is 6.07 Å². The lowest BCUT2D eigenvalue weighted by atomic mass is 9.63. The third kappa shape index (κ3) is 2.12. The number of carbonyl (C=O) groups excluding carboxylic acids is 2. The van der Waals surface area contributed by atoms with Crippen molar-refractivity contribution in [1.82, 2.24) is 10.6 Å². The van der Waals surface area contributed by atoms with Crippen LogP contribution in [0.4, 0.5) is 0 Å². The minimum atomic E-state index is -0.892. The number of hydrogen-bond donors (Lipinski definition) is 2. The molecule has 1 aliphatic heterocycles. The maximum atomic E-state index is 12.0. The summed E-state index contributed by atoms with van der Waals surface area (Å²) in [6, 6.07) is 1.65. The first kappa shape index (κ1) is 11.9. The van der Waals surface area contributed by atoms with Gasteiger partial charge >= 0.3 is 0 Å². The largest absolute Gasteiger partial charge is 0.354 e. The lowest BCUT2D eigenvalue weighted by molar-refractivity contribution is -0.138. The fourth-order valence-electron chi connectivity index (χ4n) is 2.66. The Kier molecular flexibility index (Phi) is 3.05. The molecule has 0 bridgehead atoms. The summed E-state index contributed by atoms with van der Waals surface area (Å²) in [5.41, 5.74) is -0.892. The molecule has 1 atom stereocenters. The van der Waals surface area contributed by atoms with Gasteiger partial charge in [-0.1, -0.05) is 6.92 Å². The van der Waals surface area contributed by atoms with Crippen molar-refractivity contribution in [3.63, 3.8) is 0 Å². The average molecular weight is 235 g/mol. The number of rotatable bonds is 2. The molecule has 1 saturated carbocycles. The van der Waals surface area contributed by atoms with Gasteiger partial charge in [0.2, 0.25) is 11.8 Å². The number of nitrogens with one attached hydrogen (secondary N) is 2. The topological polar surface area (TPSA) is 82.0 Å². The molecule has 0 aromatic carbocycles. The molecule has 2 amide bonds. The van der Waals surface area contributed by atoms with Crippen LogP contribution < -0.4 is 10.6 Å². The zero-order chi connectivity index (χ0) is 12.5. The summed E-state index contributed by atoms with van der Waals surface area (Å²) < 4.78 is 0.